The molecular weight excluding hydrogens is 224 g/mol. The van der Waals surface area contributed by atoms with Crippen molar-refractivity contribution >= 4 is 0 Å². The molecule has 0 heterocycles. The van der Waals surface area contributed by atoms with E-state index >= 15 is 0 Å². The molecule has 3 nitrogen and oxygen atoms in total. The third-order valence-corrected chi connectivity index (χ3v) is 5.83. The zero-order valence-electron chi connectivity index (χ0n) is 11.9. The summed E-state index contributed by atoms with van der Waals surface area (Å²) in [6, 6.07) is 0.350. The summed E-state index contributed by atoms with van der Waals surface area (Å²) in [4.78, 5) is 0. The number of hydrogen-bond acceptors (Lipinski definition) is 3. The Hall–Kier alpha value is -0.120. The summed E-state index contributed by atoms with van der Waals surface area (Å²) in [7, 11) is 0. The predicted octanol–water partition coefficient (Wildman–Crippen LogP) is 2.46. The highest BCUT2D eigenvalue weighted by Gasteiger charge is 2.58. The molecule has 0 amide bonds. The first-order valence-electron chi connectivity index (χ1n) is 7.63. The van der Waals surface area contributed by atoms with E-state index in [0.717, 1.165) is 25.0 Å². The molecule has 4 saturated carbocycles. The third kappa shape index (κ3) is 2.00. The Balaban J connectivity index is 1.81. The molecule has 4 aliphatic rings. The van der Waals surface area contributed by atoms with Gasteiger partial charge in [-0.05, 0) is 68.1 Å². The molecule has 4 aliphatic carbocycles. The molecule has 0 radical (unpaired) electrons. The van der Waals surface area contributed by atoms with Crippen molar-refractivity contribution in [1.29, 1.82) is 0 Å². The average Bonchev–Trinajstić information content (AvgIpc) is 2.26. The van der Waals surface area contributed by atoms with Gasteiger partial charge in [-0.25, -0.2) is 0 Å². The predicted molar refractivity (Wildman–Crippen MR) is 72.8 cm³/mol. The van der Waals surface area contributed by atoms with Gasteiger partial charge in [0.15, 0.2) is 0 Å². The lowest BCUT2D eigenvalue weighted by Gasteiger charge is -2.63. The van der Waals surface area contributed by atoms with E-state index in [0.29, 0.717) is 16.9 Å². The smallest absolute Gasteiger partial charge is 0.0638 e. The first-order chi connectivity index (χ1) is 8.59. The molecule has 104 valence electrons. The molecule has 0 aromatic rings. The molecular formula is C15H28N2O. The van der Waals surface area contributed by atoms with Crippen LogP contribution in [0, 0.1) is 22.7 Å². The van der Waals surface area contributed by atoms with Crippen LogP contribution in [-0.2, 0) is 4.74 Å². The molecule has 3 heteroatoms. The molecule has 4 bridgehead atoms. The van der Waals surface area contributed by atoms with Gasteiger partial charge in [0.05, 0.1) is 12.6 Å². The summed E-state index contributed by atoms with van der Waals surface area (Å²) >= 11 is 0. The molecule has 0 aromatic heterocycles. The Morgan fingerprint density at radius 2 is 1.94 bits per heavy atom. The summed E-state index contributed by atoms with van der Waals surface area (Å²) in [5.74, 6) is 7.75. The van der Waals surface area contributed by atoms with Crippen molar-refractivity contribution in [2.75, 3.05) is 13.2 Å². The molecule has 4 fully saturated rings. The first kappa shape index (κ1) is 12.9. The molecule has 3 atom stereocenters. The quantitative estimate of drug-likeness (QED) is 0.583. The zero-order valence-corrected chi connectivity index (χ0v) is 11.9. The summed E-state index contributed by atoms with van der Waals surface area (Å²) in [6.07, 6.45) is 8.49. The third-order valence-electron chi connectivity index (χ3n) is 5.83. The minimum absolute atomic E-state index is 0.350. The Bertz CT molecular complexity index is 304. The van der Waals surface area contributed by atoms with Gasteiger partial charge in [0, 0.05) is 6.61 Å². The number of nitrogens with two attached hydrogens (primary N) is 1. The summed E-state index contributed by atoms with van der Waals surface area (Å²) in [5, 5.41) is 0. The van der Waals surface area contributed by atoms with Crippen LogP contribution in [0.3, 0.4) is 0 Å². The maximum Gasteiger partial charge on any atom is 0.0638 e. The van der Waals surface area contributed by atoms with Crippen molar-refractivity contribution < 1.29 is 4.74 Å². The second-order valence-electron chi connectivity index (χ2n) is 7.51. The van der Waals surface area contributed by atoms with Crippen molar-refractivity contribution in [3.8, 4) is 0 Å². The van der Waals surface area contributed by atoms with Gasteiger partial charge in [-0.3, -0.25) is 11.3 Å². The highest BCUT2D eigenvalue weighted by molar-refractivity contribution is 5.09. The molecule has 4 rings (SSSR count). The van der Waals surface area contributed by atoms with Crippen LogP contribution in [0.1, 0.15) is 52.4 Å². The van der Waals surface area contributed by atoms with Gasteiger partial charge >= 0.3 is 0 Å². The van der Waals surface area contributed by atoms with Gasteiger partial charge in [-0.1, -0.05) is 6.92 Å². The number of nitrogens with one attached hydrogen (secondary N) is 1. The van der Waals surface area contributed by atoms with E-state index in [2.05, 4.69) is 19.3 Å². The van der Waals surface area contributed by atoms with Gasteiger partial charge in [0.1, 0.15) is 0 Å². The zero-order chi connectivity index (χ0) is 12.8. The Morgan fingerprint density at radius 3 is 2.44 bits per heavy atom. The number of ether oxygens (including phenoxy) is 1. The van der Waals surface area contributed by atoms with E-state index in [1.54, 1.807) is 0 Å². The van der Waals surface area contributed by atoms with Gasteiger partial charge in [0.25, 0.3) is 0 Å². The Labute approximate surface area is 111 Å². The first-order valence-corrected chi connectivity index (χ1v) is 7.63. The van der Waals surface area contributed by atoms with Crippen molar-refractivity contribution in [3.05, 3.63) is 0 Å². The Kier molecular flexibility index (Phi) is 3.20. The lowest BCUT2D eigenvalue weighted by atomic mass is 9.43. The van der Waals surface area contributed by atoms with Crippen molar-refractivity contribution in [2.24, 2.45) is 28.5 Å². The number of rotatable bonds is 5. The molecule has 0 saturated heterocycles. The fourth-order valence-electron chi connectivity index (χ4n) is 5.84. The lowest BCUT2D eigenvalue weighted by Crippen LogP contribution is -2.61. The van der Waals surface area contributed by atoms with Crippen molar-refractivity contribution in [3.63, 3.8) is 0 Å². The highest BCUT2D eigenvalue weighted by Crippen LogP contribution is 2.66. The van der Waals surface area contributed by atoms with Crippen LogP contribution in [0.4, 0.5) is 0 Å². The van der Waals surface area contributed by atoms with E-state index in [1.165, 1.54) is 38.5 Å². The van der Waals surface area contributed by atoms with E-state index < -0.39 is 0 Å². The summed E-state index contributed by atoms with van der Waals surface area (Å²) < 4.78 is 5.67. The summed E-state index contributed by atoms with van der Waals surface area (Å²) in [5.41, 5.74) is 4.09. The van der Waals surface area contributed by atoms with Gasteiger partial charge in [0.2, 0.25) is 0 Å². The van der Waals surface area contributed by atoms with Crippen LogP contribution in [0.5, 0.6) is 0 Å². The van der Waals surface area contributed by atoms with Crippen molar-refractivity contribution in [1.82, 2.24) is 5.43 Å². The fourth-order valence-corrected chi connectivity index (χ4v) is 5.84. The Morgan fingerprint density at radius 1 is 1.28 bits per heavy atom. The standard InChI is InChI=1S/C15H28N2O/c1-3-18-9-13(17-16)15-7-11-4-12(8-15)6-14(2,5-11)10-15/h11-13,17H,3-10,16H2,1-2H3. The van der Waals surface area contributed by atoms with Crippen LogP contribution in [0.2, 0.25) is 0 Å². The number of hydrazine groups is 1. The van der Waals surface area contributed by atoms with Crippen molar-refractivity contribution in [2.45, 2.75) is 58.4 Å². The van der Waals surface area contributed by atoms with Crippen LogP contribution >= 0.6 is 0 Å². The van der Waals surface area contributed by atoms with E-state index in [4.69, 9.17) is 10.6 Å². The second-order valence-corrected chi connectivity index (χ2v) is 7.51. The van der Waals surface area contributed by atoms with E-state index in [9.17, 15) is 0 Å². The minimum Gasteiger partial charge on any atom is -0.380 e. The van der Waals surface area contributed by atoms with Gasteiger partial charge in [-0.15, -0.1) is 0 Å². The largest absolute Gasteiger partial charge is 0.380 e. The highest BCUT2D eigenvalue weighted by atomic mass is 16.5. The fraction of sp³-hybridized carbons (Fsp3) is 1.00. The molecule has 3 N–H and O–H groups in total. The average molecular weight is 252 g/mol. The van der Waals surface area contributed by atoms with Crippen LogP contribution in [0.15, 0.2) is 0 Å². The topological polar surface area (TPSA) is 47.3 Å². The maximum absolute atomic E-state index is 5.85. The second kappa shape index (κ2) is 4.46. The normalized spacial score (nSPS) is 47.5. The van der Waals surface area contributed by atoms with Crippen LogP contribution in [-0.4, -0.2) is 19.3 Å². The molecule has 3 unspecified atom stereocenters. The molecule has 0 spiro atoms. The maximum atomic E-state index is 5.85. The molecule has 0 aliphatic heterocycles. The lowest BCUT2D eigenvalue weighted by molar-refractivity contribution is -0.127. The minimum atomic E-state index is 0.350. The van der Waals surface area contributed by atoms with E-state index in [-0.39, 0.29) is 0 Å². The van der Waals surface area contributed by atoms with Gasteiger partial charge < -0.3 is 4.74 Å². The SMILES string of the molecule is CCOCC(NN)C12CC3CC(CC(C)(C3)C1)C2. The monoisotopic (exact) mass is 252 g/mol. The molecule has 18 heavy (non-hydrogen) atoms. The van der Waals surface area contributed by atoms with Crippen LogP contribution in [0.25, 0.3) is 0 Å². The van der Waals surface area contributed by atoms with Gasteiger partial charge in [-0.2, -0.15) is 0 Å². The number of hydrogen-bond donors (Lipinski definition) is 2. The van der Waals surface area contributed by atoms with Crippen LogP contribution < -0.4 is 11.3 Å². The summed E-state index contributed by atoms with van der Waals surface area (Å²) in [6.45, 7) is 6.14. The van der Waals surface area contributed by atoms with E-state index in [1.807, 2.05) is 0 Å². The molecule has 0 aromatic carbocycles.